The molecule has 0 spiro atoms. The molecule has 2 unspecified atom stereocenters. The molecule has 0 aromatic heterocycles. The minimum Gasteiger partial charge on any atom is -0.481 e. The van der Waals surface area contributed by atoms with Gasteiger partial charge in [0.1, 0.15) is 0 Å². The Hall–Kier alpha value is -1.14. The van der Waals surface area contributed by atoms with Gasteiger partial charge in [-0.05, 0) is 19.3 Å². The van der Waals surface area contributed by atoms with E-state index in [0.717, 1.165) is 0 Å². The fourth-order valence-electron chi connectivity index (χ4n) is 1.40. The predicted octanol–water partition coefficient (Wildman–Crippen LogP) is 0.110. The molecule has 2 atom stereocenters. The van der Waals surface area contributed by atoms with Crippen LogP contribution in [0.15, 0.2) is 0 Å². The monoisotopic (exact) mass is 246 g/mol. The second-order valence-corrected chi connectivity index (χ2v) is 3.95. The molecule has 0 aliphatic heterocycles. The Morgan fingerprint density at radius 1 is 1.47 bits per heavy atom. The number of hydrogen-bond acceptors (Lipinski definition) is 4. The van der Waals surface area contributed by atoms with Gasteiger partial charge in [-0.25, -0.2) is 0 Å². The average molecular weight is 246 g/mol. The van der Waals surface area contributed by atoms with Crippen LogP contribution in [0.5, 0.6) is 0 Å². The summed E-state index contributed by atoms with van der Waals surface area (Å²) in [7, 11) is 1.59. The topological polar surface area (TPSA) is 102 Å². The first-order chi connectivity index (χ1) is 8.01. The summed E-state index contributed by atoms with van der Waals surface area (Å²) in [6.45, 7) is 2.39. The third-order valence-corrected chi connectivity index (χ3v) is 2.46. The van der Waals surface area contributed by atoms with Crippen molar-refractivity contribution in [1.29, 1.82) is 0 Å². The molecule has 0 radical (unpaired) electrons. The van der Waals surface area contributed by atoms with Crippen LogP contribution in [0, 0.1) is 0 Å². The van der Waals surface area contributed by atoms with E-state index in [0.29, 0.717) is 25.9 Å². The molecule has 0 bridgehead atoms. The predicted molar refractivity (Wildman–Crippen MR) is 63.6 cm³/mol. The fourth-order valence-corrected chi connectivity index (χ4v) is 1.40. The average Bonchev–Trinajstić information content (AvgIpc) is 2.27. The Morgan fingerprint density at radius 2 is 2.12 bits per heavy atom. The third-order valence-electron chi connectivity index (χ3n) is 2.46. The van der Waals surface area contributed by atoms with Crippen LogP contribution >= 0.6 is 0 Å². The first kappa shape index (κ1) is 15.9. The Morgan fingerprint density at radius 3 is 2.59 bits per heavy atom. The van der Waals surface area contributed by atoms with Gasteiger partial charge in [0.15, 0.2) is 0 Å². The number of carboxylic acids is 1. The van der Waals surface area contributed by atoms with Gasteiger partial charge in [0.2, 0.25) is 5.91 Å². The van der Waals surface area contributed by atoms with Crippen molar-refractivity contribution in [2.45, 2.75) is 44.7 Å². The first-order valence-electron chi connectivity index (χ1n) is 5.77. The molecule has 1 amide bonds. The zero-order valence-corrected chi connectivity index (χ0v) is 10.4. The van der Waals surface area contributed by atoms with Crippen molar-refractivity contribution < 1.29 is 19.4 Å². The fraction of sp³-hybridized carbons (Fsp3) is 0.818. The van der Waals surface area contributed by atoms with Crippen LogP contribution in [0.4, 0.5) is 0 Å². The van der Waals surface area contributed by atoms with Crippen molar-refractivity contribution in [1.82, 2.24) is 5.32 Å². The van der Waals surface area contributed by atoms with Crippen molar-refractivity contribution >= 4 is 11.9 Å². The summed E-state index contributed by atoms with van der Waals surface area (Å²) < 4.78 is 4.86. The Balaban J connectivity index is 3.98. The molecule has 6 nitrogen and oxygen atoms in total. The minimum absolute atomic E-state index is 0.0764. The normalized spacial score (nSPS) is 14.1. The summed E-state index contributed by atoms with van der Waals surface area (Å²) in [4.78, 5) is 22.1. The molecular weight excluding hydrogens is 224 g/mol. The third kappa shape index (κ3) is 7.70. The molecule has 100 valence electrons. The van der Waals surface area contributed by atoms with E-state index < -0.39 is 12.0 Å². The van der Waals surface area contributed by atoms with Gasteiger partial charge < -0.3 is 20.9 Å². The van der Waals surface area contributed by atoms with E-state index in [-0.39, 0.29) is 18.4 Å². The number of hydrogen-bond donors (Lipinski definition) is 3. The smallest absolute Gasteiger partial charge is 0.305 e. The highest BCUT2D eigenvalue weighted by molar-refractivity contribution is 5.82. The number of nitrogens with one attached hydrogen (secondary N) is 1. The molecule has 0 aliphatic carbocycles. The Kier molecular flexibility index (Phi) is 8.35. The van der Waals surface area contributed by atoms with Crippen LogP contribution in [0.1, 0.15) is 32.6 Å². The standard InChI is InChI=1S/C11H22N2O4/c1-3-8(7-10(14)15)13-11(16)9(12)5-4-6-17-2/h8-9H,3-7,12H2,1-2H3,(H,13,16)(H,14,15). The summed E-state index contributed by atoms with van der Waals surface area (Å²) in [5.41, 5.74) is 5.68. The van der Waals surface area contributed by atoms with E-state index in [4.69, 9.17) is 15.6 Å². The maximum atomic E-state index is 11.6. The second kappa shape index (κ2) is 8.95. The lowest BCUT2D eigenvalue weighted by atomic mass is 10.1. The van der Waals surface area contributed by atoms with Crippen LogP contribution in [-0.2, 0) is 14.3 Å². The molecular formula is C11H22N2O4. The van der Waals surface area contributed by atoms with Gasteiger partial charge >= 0.3 is 5.97 Å². The molecule has 0 fully saturated rings. The van der Waals surface area contributed by atoms with Gasteiger partial charge in [0, 0.05) is 19.8 Å². The summed E-state index contributed by atoms with van der Waals surface area (Å²) in [6.07, 6.45) is 1.74. The quantitative estimate of drug-likeness (QED) is 0.501. The SMILES string of the molecule is CCC(CC(=O)O)NC(=O)C(N)CCCOC. The number of carboxylic acid groups (broad SMARTS) is 1. The summed E-state index contributed by atoms with van der Waals surface area (Å²) >= 11 is 0. The van der Waals surface area contributed by atoms with Crippen LogP contribution in [0.2, 0.25) is 0 Å². The highest BCUT2D eigenvalue weighted by Crippen LogP contribution is 2.00. The second-order valence-electron chi connectivity index (χ2n) is 3.95. The lowest BCUT2D eigenvalue weighted by molar-refractivity contribution is -0.137. The molecule has 0 saturated carbocycles. The molecule has 0 heterocycles. The molecule has 0 rings (SSSR count). The summed E-state index contributed by atoms with van der Waals surface area (Å²) in [5, 5.41) is 11.3. The van der Waals surface area contributed by atoms with Gasteiger partial charge in [0.05, 0.1) is 12.5 Å². The first-order valence-corrected chi connectivity index (χ1v) is 5.77. The van der Waals surface area contributed by atoms with Crippen LogP contribution in [0.25, 0.3) is 0 Å². The van der Waals surface area contributed by atoms with Crippen LogP contribution in [-0.4, -0.2) is 42.8 Å². The van der Waals surface area contributed by atoms with Crippen molar-refractivity contribution in [2.75, 3.05) is 13.7 Å². The van der Waals surface area contributed by atoms with Crippen molar-refractivity contribution in [3.8, 4) is 0 Å². The molecule has 4 N–H and O–H groups in total. The zero-order valence-electron chi connectivity index (χ0n) is 10.4. The van der Waals surface area contributed by atoms with Gasteiger partial charge in [-0.1, -0.05) is 6.92 Å². The molecule has 0 saturated heterocycles. The number of amides is 1. The minimum atomic E-state index is -0.926. The Labute approximate surface area is 102 Å². The van der Waals surface area contributed by atoms with E-state index in [1.165, 1.54) is 0 Å². The molecule has 6 heteroatoms. The van der Waals surface area contributed by atoms with E-state index in [2.05, 4.69) is 5.32 Å². The lowest BCUT2D eigenvalue weighted by Crippen LogP contribution is -2.45. The van der Waals surface area contributed by atoms with Crippen molar-refractivity contribution in [3.63, 3.8) is 0 Å². The highest BCUT2D eigenvalue weighted by atomic mass is 16.5. The number of aliphatic carboxylic acids is 1. The van der Waals surface area contributed by atoms with Gasteiger partial charge in [-0.15, -0.1) is 0 Å². The number of carbonyl (C=O) groups excluding carboxylic acids is 1. The maximum Gasteiger partial charge on any atom is 0.305 e. The molecule has 17 heavy (non-hydrogen) atoms. The molecule has 0 aromatic carbocycles. The number of ether oxygens (including phenoxy) is 1. The summed E-state index contributed by atoms with van der Waals surface area (Å²) in [5.74, 6) is -1.22. The highest BCUT2D eigenvalue weighted by Gasteiger charge is 2.18. The van der Waals surface area contributed by atoms with E-state index in [1.807, 2.05) is 6.92 Å². The molecule has 0 aliphatic rings. The van der Waals surface area contributed by atoms with Crippen molar-refractivity contribution in [3.05, 3.63) is 0 Å². The molecule has 0 aromatic rings. The number of carbonyl (C=O) groups is 2. The van der Waals surface area contributed by atoms with E-state index in [9.17, 15) is 9.59 Å². The Bertz CT molecular complexity index is 246. The van der Waals surface area contributed by atoms with Gasteiger partial charge in [-0.3, -0.25) is 9.59 Å². The van der Waals surface area contributed by atoms with Crippen molar-refractivity contribution in [2.24, 2.45) is 5.73 Å². The van der Waals surface area contributed by atoms with Crippen LogP contribution < -0.4 is 11.1 Å². The van der Waals surface area contributed by atoms with Crippen LogP contribution in [0.3, 0.4) is 0 Å². The number of rotatable bonds is 9. The van der Waals surface area contributed by atoms with E-state index >= 15 is 0 Å². The van der Waals surface area contributed by atoms with Gasteiger partial charge in [0.25, 0.3) is 0 Å². The maximum absolute atomic E-state index is 11.6. The lowest BCUT2D eigenvalue weighted by Gasteiger charge is -2.18. The summed E-state index contributed by atoms with van der Waals surface area (Å²) in [6, 6.07) is -0.957. The number of methoxy groups -OCH3 is 1. The number of nitrogens with two attached hydrogens (primary N) is 1. The van der Waals surface area contributed by atoms with Gasteiger partial charge in [-0.2, -0.15) is 0 Å². The largest absolute Gasteiger partial charge is 0.481 e. The zero-order chi connectivity index (χ0) is 13.3. The van der Waals surface area contributed by atoms with E-state index in [1.54, 1.807) is 7.11 Å².